The van der Waals surface area contributed by atoms with Crippen molar-refractivity contribution in [3.63, 3.8) is 0 Å². The highest BCUT2D eigenvalue weighted by molar-refractivity contribution is 6.31. The lowest BCUT2D eigenvalue weighted by Crippen LogP contribution is -2.39. The van der Waals surface area contributed by atoms with Crippen molar-refractivity contribution >= 4 is 23.2 Å². The van der Waals surface area contributed by atoms with Gasteiger partial charge in [0, 0.05) is 18.2 Å². The second-order valence-corrected chi connectivity index (χ2v) is 4.67. The number of hydrogen-bond donors (Lipinski definition) is 1. The molecule has 0 saturated heterocycles. The van der Waals surface area contributed by atoms with Gasteiger partial charge in [-0.25, -0.2) is 0 Å². The summed E-state index contributed by atoms with van der Waals surface area (Å²) in [6.45, 7) is 0.906. The number of hydrogen-bond acceptors (Lipinski definition) is 3. The van der Waals surface area contributed by atoms with Crippen LogP contribution >= 0.6 is 11.6 Å². The molecule has 1 aromatic rings. The summed E-state index contributed by atoms with van der Waals surface area (Å²) in [5.74, 6) is 0.648. The van der Waals surface area contributed by atoms with Crippen molar-refractivity contribution in [2.24, 2.45) is 0 Å². The molecular formula is C13H16ClNO3. The van der Waals surface area contributed by atoms with Gasteiger partial charge in [0.2, 0.25) is 0 Å². The SMILES string of the molecule is O=C1COc2ccc(Cl)cc2N1CCCCCO. The molecule has 0 fully saturated rings. The van der Waals surface area contributed by atoms with Crippen molar-refractivity contribution in [1.29, 1.82) is 0 Å². The number of aliphatic hydroxyl groups excluding tert-OH is 1. The van der Waals surface area contributed by atoms with E-state index in [4.69, 9.17) is 21.4 Å². The lowest BCUT2D eigenvalue weighted by atomic mass is 10.2. The molecule has 5 heteroatoms. The predicted molar refractivity (Wildman–Crippen MR) is 70.2 cm³/mol. The molecule has 1 N–H and O–H groups in total. The highest BCUT2D eigenvalue weighted by Crippen LogP contribution is 2.34. The molecular weight excluding hydrogens is 254 g/mol. The second-order valence-electron chi connectivity index (χ2n) is 4.23. The molecule has 1 heterocycles. The van der Waals surface area contributed by atoms with Crippen LogP contribution in [0.3, 0.4) is 0 Å². The van der Waals surface area contributed by atoms with Gasteiger partial charge in [0.1, 0.15) is 5.75 Å². The predicted octanol–water partition coefficient (Wildman–Crippen LogP) is 2.23. The van der Waals surface area contributed by atoms with Crippen molar-refractivity contribution in [2.45, 2.75) is 19.3 Å². The largest absolute Gasteiger partial charge is 0.482 e. The standard InChI is InChI=1S/C13H16ClNO3/c14-10-4-5-12-11(8-10)15(13(17)9-18-12)6-2-1-3-7-16/h4-5,8,16H,1-3,6-7,9H2. The summed E-state index contributed by atoms with van der Waals surface area (Å²) in [7, 11) is 0. The number of carbonyl (C=O) groups excluding carboxylic acids is 1. The Hall–Kier alpha value is -1.26. The Labute approximate surface area is 111 Å². The zero-order chi connectivity index (χ0) is 13.0. The number of ether oxygens (including phenoxy) is 1. The molecule has 0 aliphatic carbocycles. The maximum Gasteiger partial charge on any atom is 0.265 e. The Balaban J connectivity index is 2.09. The van der Waals surface area contributed by atoms with Crippen LogP contribution in [0.4, 0.5) is 5.69 Å². The van der Waals surface area contributed by atoms with E-state index in [1.165, 1.54) is 0 Å². The van der Waals surface area contributed by atoms with Gasteiger partial charge in [0.25, 0.3) is 5.91 Å². The van der Waals surface area contributed by atoms with Crippen LogP contribution < -0.4 is 9.64 Å². The van der Waals surface area contributed by atoms with E-state index in [2.05, 4.69) is 0 Å². The van der Waals surface area contributed by atoms with Gasteiger partial charge in [0.15, 0.2) is 6.61 Å². The molecule has 1 aromatic carbocycles. The number of benzene rings is 1. The minimum absolute atomic E-state index is 0.0474. The van der Waals surface area contributed by atoms with Gasteiger partial charge in [0.05, 0.1) is 5.69 Å². The average Bonchev–Trinajstić information content (AvgIpc) is 2.36. The number of amides is 1. The fourth-order valence-corrected chi connectivity index (χ4v) is 2.15. The molecule has 0 radical (unpaired) electrons. The van der Waals surface area contributed by atoms with Crippen LogP contribution in [0.15, 0.2) is 18.2 Å². The van der Waals surface area contributed by atoms with Crippen LogP contribution in [0.5, 0.6) is 5.75 Å². The molecule has 0 saturated carbocycles. The zero-order valence-corrected chi connectivity index (χ0v) is 10.8. The minimum atomic E-state index is -0.0474. The lowest BCUT2D eigenvalue weighted by molar-refractivity contribution is -0.121. The Bertz CT molecular complexity index is 436. The van der Waals surface area contributed by atoms with Crippen LogP contribution in [0.1, 0.15) is 19.3 Å². The van der Waals surface area contributed by atoms with E-state index in [0.717, 1.165) is 24.9 Å². The second kappa shape index (κ2) is 6.07. The Kier molecular flexibility index (Phi) is 4.44. The van der Waals surface area contributed by atoms with Gasteiger partial charge in [-0.15, -0.1) is 0 Å². The summed E-state index contributed by atoms with van der Waals surface area (Å²) in [5, 5.41) is 9.32. The Morgan fingerprint density at radius 2 is 2.17 bits per heavy atom. The molecule has 98 valence electrons. The number of rotatable bonds is 5. The number of unbranched alkanes of at least 4 members (excludes halogenated alkanes) is 2. The first-order valence-electron chi connectivity index (χ1n) is 6.06. The molecule has 4 nitrogen and oxygen atoms in total. The molecule has 1 aliphatic rings. The fourth-order valence-electron chi connectivity index (χ4n) is 1.98. The van der Waals surface area contributed by atoms with Crippen molar-refractivity contribution in [1.82, 2.24) is 0 Å². The van der Waals surface area contributed by atoms with Gasteiger partial charge in [-0.3, -0.25) is 4.79 Å². The molecule has 0 bridgehead atoms. The molecule has 0 aromatic heterocycles. The van der Waals surface area contributed by atoms with E-state index in [1.54, 1.807) is 23.1 Å². The van der Waals surface area contributed by atoms with Crippen LogP contribution in [-0.4, -0.2) is 30.8 Å². The first-order valence-corrected chi connectivity index (χ1v) is 6.44. The van der Waals surface area contributed by atoms with Crippen LogP contribution in [0.2, 0.25) is 5.02 Å². The summed E-state index contributed by atoms with van der Waals surface area (Å²) < 4.78 is 5.36. The zero-order valence-electron chi connectivity index (χ0n) is 10.1. The van der Waals surface area contributed by atoms with Crippen LogP contribution in [0, 0.1) is 0 Å². The maximum absolute atomic E-state index is 11.8. The van der Waals surface area contributed by atoms with E-state index in [-0.39, 0.29) is 19.1 Å². The summed E-state index contributed by atoms with van der Waals surface area (Å²) in [5.41, 5.74) is 0.739. The summed E-state index contributed by atoms with van der Waals surface area (Å²) in [4.78, 5) is 13.6. The van der Waals surface area contributed by atoms with Crippen molar-refractivity contribution in [3.8, 4) is 5.75 Å². The molecule has 1 amide bonds. The highest BCUT2D eigenvalue weighted by atomic mass is 35.5. The van der Waals surface area contributed by atoms with Crippen molar-refractivity contribution in [2.75, 3.05) is 24.7 Å². The first kappa shape index (κ1) is 13.2. The maximum atomic E-state index is 11.8. The summed E-state index contributed by atoms with van der Waals surface area (Å²) >= 11 is 5.95. The molecule has 0 atom stereocenters. The minimum Gasteiger partial charge on any atom is -0.482 e. The smallest absolute Gasteiger partial charge is 0.265 e. The van der Waals surface area contributed by atoms with Crippen molar-refractivity contribution < 1.29 is 14.6 Å². The van der Waals surface area contributed by atoms with Gasteiger partial charge in [-0.2, -0.15) is 0 Å². The summed E-state index contributed by atoms with van der Waals surface area (Å²) in [6.07, 6.45) is 2.52. The third-order valence-electron chi connectivity index (χ3n) is 2.90. The molecule has 18 heavy (non-hydrogen) atoms. The third kappa shape index (κ3) is 2.94. The number of anilines is 1. The number of fused-ring (bicyclic) bond motifs is 1. The van der Waals surface area contributed by atoms with Gasteiger partial charge in [-0.1, -0.05) is 11.6 Å². The van der Waals surface area contributed by atoms with E-state index in [9.17, 15) is 4.79 Å². The first-order chi connectivity index (χ1) is 8.72. The van der Waals surface area contributed by atoms with E-state index >= 15 is 0 Å². The van der Waals surface area contributed by atoms with E-state index in [0.29, 0.717) is 17.3 Å². The number of aliphatic hydroxyl groups is 1. The monoisotopic (exact) mass is 269 g/mol. The van der Waals surface area contributed by atoms with E-state index < -0.39 is 0 Å². The van der Waals surface area contributed by atoms with Gasteiger partial charge in [-0.05, 0) is 37.5 Å². The van der Waals surface area contributed by atoms with Crippen molar-refractivity contribution in [3.05, 3.63) is 23.2 Å². The lowest BCUT2D eigenvalue weighted by Gasteiger charge is -2.29. The van der Waals surface area contributed by atoms with Gasteiger partial charge < -0.3 is 14.7 Å². The summed E-state index contributed by atoms with van der Waals surface area (Å²) in [6, 6.07) is 5.28. The average molecular weight is 270 g/mol. The number of carbonyl (C=O) groups is 1. The fraction of sp³-hybridized carbons (Fsp3) is 0.462. The Morgan fingerprint density at radius 1 is 1.33 bits per heavy atom. The third-order valence-corrected chi connectivity index (χ3v) is 3.14. The van der Waals surface area contributed by atoms with E-state index in [1.807, 2.05) is 0 Å². The molecule has 2 rings (SSSR count). The molecule has 0 spiro atoms. The Morgan fingerprint density at radius 3 is 2.94 bits per heavy atom. The van der Waals surface area contributed by atoms with Crippen LogP contribution in [-0.2, 0) is 4.79 Å². The molecule has 0 unspecified atom stereocenters. The quantitative estimate of drug-likeness (QED) is 0.834. The number of nitrogens with zero attached hydrogens (tertiary/aromatic N) is 1. The van der Waals surface area contributed by atoms with Crippen LogP contribution in [0.25, 0.3) is 0 Å². The topological polar surface area (TPSA) is 49.8 Å². The number of halogens is 1. The highest BCUT2D eigenvalue weighted by Gasteiger charge is 2.25. The van der Waals surface area contributed by atoms with Gasteiger partial charge >= 0.3 is 0 Å². The normalized spacial score (nSPS) is 14.3. The molecule has 1 aliphatic heterocycles.